The van der Waals surface area contributed by atoms with E-state index in [2.05, 4.69) is 26.7 Å². The molecule has 1 aromatic carbocycles. The van der Waals surface area contributed by atoms with E-state index in [-0.39, 0.29) is 23.6 Å². The van der Waals surface area contributed by atoms with Crippen LogP contribution in [0, 0.1) is 23.2 Å². The first kappa shape index (κ1) is 19.3. The second-order valence-electron chi connectivity index (χ2n) is 8.01. The van der Waals surface area contributed by atoms with Gasteiger partial charge in [-0.3, -0.25) is 9.59 Å². The van der Waals surface area contributed by atoms with Gasteiger partial charge in [-0.15, -0.1) is 0 Å². The van der Waals surface area contributed by atoms with Gasteiger partial charge in [0, 0.05) is 59.7 Å². The number of carbonyl (C=O) groups excluding carboxylic acids is 2. The van der Waals surface area contributed by atoms with Gasteiger partial charge in [0.1, 0.15) is 11.8 Å². The number of hydrogen-bond donors (Lipinski definition) is 3. The SMILES string of the molecule is CNC(=O)c1cc(C(=O)NC2C3COCC32)cc(Cc2cccc3[nH]cc(C#N)c23)n1. The van der Waals surface area contributed by atoms with Gasteiger partial charge in [0.25, 0.3) is 11.8 Å². The molecular weight excluding hydrogens is 394 g/mol. The summed E-state index contributed by atoms with van der Waals surface area (Å²) >= 11 is 0. The van der Waals surface area contributed by atoms with Crippen LogP contribution >= 0.6 is 0 Å². The van der Waals surface area contributed by atoms with Crippen LogP contribution < -0.4 is 10.6 Å². The first-order valence-electron chi connectivity index (χ1n) is 10.2. The molecule has 1 aliphatic heterocycles. The number of aromatic nitrogens is 2. The monoisotopic (exact) mass is 415 g/mol. The molecular formula is C23H21N5O3. The minimum atomic E-state index is -0.356. The van der Waals surface area contributed by atoms with Gasteiger partial charge in [-0.05, 0) is 23.8 Å². The number of carbonyl (C=O) groups is 2. The topological polar surface area (TPSA) is 120 Å². The first-order chi connectivity index (χ1) is 15.1. The van der Waals surface area contributed by atoms with Crippen molar-refractivity contribution in [3.05, 3.63) is 64.6 Å². The van der Waals surface area contributed by atoms with E-state index in [1.54, 1.807) is 12.3 Å². The number of nitrogens with zero attached hydrogens (tertiary/aromatic N) is 2. The van der Waals surface area contributed by atoms with Gasteiger partial charge in [-0.1, -0.05) is 12.1 Å². The number of H-pyrrole nitrogens is 1. The lowest BCUT2D eigenvalue weighted by molar-refractivity contribution is 0.0928. The highest BCUT2D eigenvalue weighted by atomic mass is 16.5. The molecule has 0 bridgehead atoms. The number of aromatic amines is 1. The van der Waals surface area contributed by atoms with E-state index in [1.807, 2.05) is 18.2 Å². The molecule has 2 aliphatic rings. The number of ether oxygens (including phenoxy) is 1. The van der Waals surface area contributed by atoms with Crippen LogP contribution in [0.5, 0.6) is 0 Å². The average molecular weight is 415 g/mol. The fourth-order valence-corrected chi connectivity index (χ4v) is 4.43. The van der Waals surface area contributed by atoms with Gasteiger partial charge in [0.15, 0.2) is 0 Å². The van der Waals surface area contributed by atoms with Crippen molar-refractivity contribution in [3.8, 4) is 6.07 Å². The molecule has 3 aromatic rings. The molecule has 3 N–H and O–H groups in total. The summed E-state index contributed by atoms with van der Waals surface area (Å²) in [7, 11) is 1.53. The predicted molar refractivity (Wildman–Crippen MR) is 113 cm³/mol. The van der Waals surface area contributed by atoms with Crippen LogP contribution in [0.25, 0.3) is 10.9 Å². The highest BCUT2D eigenvalue weighted by Crippen LogP contribution is 2.44. The maximum atomic E-state index is 12.9. The maximum Gasteiger partial charge on any atom is 0.269 e. The minimum absolute atomic E-state index is 0.133. The molecule has 8 nitrogen and oxygen atoms in total. The van der Waals surface area contributed by atoms with Crippen LogP contribution in [-0.4, -0.2) is 48.1 Å². The molecule has 2 atom stereocenters. The lowest BCUT2D eigenvalue weighted by Gasteiger charge is -2.11. The molecule has 8 heteroatoms. The Bertz CT molecular complexity index is 1230. The Morgan fingerprint density at radius 3 is 2.81 bits per heavy atom. The van der Waals surface area contributed by atoms with E-state index in [0.717, 1.165) is 16.5 Å². The maximum absolute atomic E-state index is 12.9. The Morgan fingerprint density at radius 1 is 1.26 bits per heavy atom. The highest BCUT2D eigenvalue weighted by Gasteiger charge is 2.54. The molecule has 1 saturated heterocycles. The van der Waals surface area contributed by atoms with Crippen molar-refractivity contribution in [2.24, 2.45) is 11.8 Å². The Kier molecular flexibility index (Phi) is 4.68. The van der Waals surface area contributed by atoms with Crippen molar-refractivity contribution < 1.29 is 14.3 Å². The van der Waals surface area contributed by atoms with E-state index >= 15 is 0 Å². The van der Waals surface area contributed by atoms with E-state index in [4.69, 9.17) is 4.74 Å². The summed E-state index contributed by atoms with van der Waals surface area (Å²) in [4.78, 5) is 32.8. The third-order valence-corrected chi connectivity index (χ3v) is 6.13. The number of nitriles is 1. The van der Waals surface area contributed by atoms with Gasteiger partial charge < -0.3 is 20.4 Å². The molecule has 0 spiro atoms. The molecule has 2 unspecified atom stereocenters. The van der Waals surface area contributed by atoms with Crippen LogP contribution in [0.3, 0.4) is 0 Å². The zero-order chi connectivity index (χ0) is 21.5. The summed E-state index contributed by atoms with van der Waals surface area (Å²) in [5.74, 6) is 0.203. The summed E-state index contributed by atoms with van der Waals surface area (Å²) in [6.07, 6.45) is 2.06. The predicted octanol–water partition coefficient (Wildman–Crippen LogP) is 1.76. The quantitative estimate of drug-likeness (QED) is 0.587. The second-order valence-corrected chi connectivity index (χ2v) is 8.01. The third kappa shape index (κ3) is 3.43. The van der Waals surface area contributed by atoms with Crippen molar-refractivity contribution in [1.29, 1.82) is 5.26 Å². The molecule has 1 saturated carbocycles. The van der Waals surface area contributed by atoms with Gasteiger partial charge in [0.2, 0.25) is 0 Å². The van der Waals surface area contributed by atoms with Crippen molar-refractivity contribution in [3.63, 3.8) is 0 Å². The second kappa shape index (κ2) is 7.52. The van der Waals surface area contributed by atoms with Crippen molar-refractivity contribution >= 4 is 22.7 Å². The normalized spacial score (nSPS) is 21.4. The van der Waals surface area contributed by atoms with E-state index in [1.165, 1.54) is 13.1 Å². The van der Waals surface area contributed by atoms with Crippen LogP contribution in [0.1, 0.15) is 37.7 Å². The number of rotatable bonds is 5. The average Bonchev–Trinajstić information content (AvgIpc) is 3.16. The van der Waals surface area contributed by atoms with Crippen molar-refractivity contribution in [2.75, 3.05) is 20.3 Å². The minimum Gasteiger partial charge on any atom is -0.381 e. The number of amides is 2. The molecule has 2 fully saturated rings. The van der Waals surface area contributed by atoms with Crippen LogP contribution in [0.4, 0.5) is 0 Å². The number of fused-ring (bicyclic) bond motifs is 2. The fourth-order valence-electron chi connectivity index (χ4n) is 4.43. The summed E-state index contributed by atoms with van der Waals surface area (Å²) in [5, 5.41) is 15.9. The lowest BCUT2D eigenvalue weighted by Crippen LogP contribution is -2.30. The zero-order valence-electron chi connectivity index (χ0n) is 16.9. The standard InChI is InChI=1S/C23H21N5O3/c1-25-23(30)19-7-13(22(29)28-21-16-10-31-11-17(16)21)6-15(27-19)5-12-3-2-4-18-20(12)14(8-24)9-26-18/h2-4,6-7,9,16-17,21,26H,5,10-11H2,1H3,(H,25,30)(H,28,29). The zero-order valence-corrected chi connectivity index (χ0v) is 16.9. The molecule has 31 heavy (non-hydrogen) atoms. The smallest absolute Gasteiger partial charge is 0.269 e. The van der Waals surface area contributed by atoms with Crippen LogP contribution in [0.15, 0.2) is 36.5 Å². The molecule has 1 aliphatic carbocycles. The molecule has 2 amide bonds. The number of pyridine rings is 1. The molecule has 0 radical (unpaired) electrons. The Labute approximate surface area is 178 Å². The Balaban J connectivity index is 1.48. The van der Waals surface area contributed by atoms with Gasteiger partial charge in [0.05, 0.1) is 18.8 Å². The summed E-state index contributed by atoms with van der Waals surface area (Å²) in [6.45, 7) is 1.37. The highest BCUT2D eigenvalue weighted by molar-refractivity contribution is 5.99. The third-order valence-electron chi connectivity index (χ3n) is 6.13. The Morgan fingerprint density at radius 2 is 2.06 bits per heavy atom. The van der Waals surface area contributed by atoms with Crippen LogP contribution in [0.2, 0.25) is 0 Å². The van der Waals surface area contributed by atoms with E-state index in [0.29, 0.717) is 48.3 Å². The van der Waals surface area contributed by atoms with Crippen molar-refractivity contribution in [1.82, 2.24) is 20.6 Å². The molecule has 156 valence electrons. The van der Waals surface area contributed by atoms with E-state index in [9.17, 15) is 14.9 Å². The fraction of sp³-hybridized carbons (Fsp3) is 0.304. The number of hydrogen-bond acceptors (Lipinski definition) is 5. The molecule has 2 aromatic heterocycles. The number of benzene rings is 1. The van der Waals surface area contributed by atoms with Gasteiger partial charge in [-0.2, -0.15) is 5.26 Å². The van der Waals surface area contributed by atoms with Crippen LogP contribution in [-0.2, 0) is 11.2 Å². The Hall–Kier alpha value is -3.70. The first-order valence-corrected chi connectivity index (χ1v) is 10.2. The van der Waals surface area contributed by atoms with Gasteiger partial charge in [-0.25, -0.2) is 4.98 Å². The van der Waals surface area contributed by atoms with Crippen molar-refractivity contribution in [2.45, 2.75) is 12.5 Å². The summed E-state index contributed by atoms with van der Waals surface area (Å²) < 4.78 is 5.38. The van der Waals surface area contributed by atoms with Gasteiger partial charge >= 0.3 is 0 Å². The van der Waals surface area contributed by atoms with E-state index < -0.39 is 0 Å². The summed E-state index contributed by atoms with van der Waals surface area (Å²) in [6, 6.07) is 11.3. The number of nitrogens with one attached hydrogen (secondary N) is 3. The largest absolute Gasteiger partial charge is 0.381 e. The summed E-state index contributed by atoms with van der Waals surface area (Å²) in [5.41, 5.74) is 3.48. The molecule has 5 rings (SSSR count). The molecule has 3 heterocycles. The lowest BCUT2D eigenvalue weighted by atomic mass is 10.0.